The predicted molar refractivity (Wildman–Crippen MR) is 132 cm³/mol. The topological polar surface area (TPSA) is 93.5 Å². The van der Waals surface area contributed by atoms with Gasteiger partial charge in [-0.2, -0.15) is 0 Å². The standard InChI is InChI=1S/C28H29F2N3O3/c1-2-17-6-5-7-18(10-17)15-32-16-25(24(31)13-19-11-20(29)14-21(30)12-19)36-28(35)26-22-8-3-4-9-23(22)27(34)33-26/h3-12,14,24-26,32H,2,13,15-16,31H2,1H3,(H,33,34)/t24-,25+,26?/m0/s1. The van der Waals surface area contributed by atoms with E-state index in [-0.39, 0.29) is 18.9 Å². The Morgan fingerprint density at radius 2 is 1.75 bits per heavy atom. The maximum Gasteiger partial charge on any atom is 0.333 e. The van der Waals surface area contributed by atoms with Crippen LogP contribution in [0.1, 0.15) is 45.6 Å². The summed E-state index contributed by atoms with van der Waals surface area (Å²) in [7, 11) is 0. The molecule has 0 spiro atoms. The molecule has 36 heavy (non-hydrogen) atoms. The zero-order chi connectivity index (χ0) is 25.7. The average Bonchev–Trinajstić information content (AvgIpc) is 3.19. The van der Waals surface area contributed by atoms with E-state index in [1.165, 1.54) is 17.7 Å². The van der Waals surface area contributed by atoms with Gasteiger partial charge in [0.25, 0.3) is 5.91 Å². The van der Waals surface area contributed by atoms with Gasteiger partial charge in [-0.05, 0) is 53.3 Å². The van der Waals surface area contributed by atoms with E-state index in [4.69, 9.17) is 10.5 Å². The number of hydrogen-bond acceptors (Lipinski definition) is 5. The van der Waals surface area contributed by atoms with Crippen LogP contribution in [0, 0.1) is 11.6 Å². The van der Waals surface area contributed by atoms with Crippen LogP contribution >= 0.6 is 0 Å². The quantitative estimate of drug-likeness (QED) is 0.376. The molecular formula is C28H29F2N3O3. The molecule has 8 heteroatoms. The second-order valence-electron chi connectivity index (χ2n) is 8.92. The minimum atomic E-state index is -0.948. The number of rotatable bonds is 10. The number of nitrogens with one attached hydrogen (secondary N) is 2. The summed E-state index contributed by atoms with van der Waals surface area (Å²) in [6.07, 6.45) is 0.188. The summed E-state index contributed by atoms with van der Waals surface area (Å²) in [6, 6.07) is 16.4. The third-order valence-corrected chi connectivity index (χ3v) is 6.24. The van der Waals surface area contributed by atoms with Crippen LogP contribution < -0.4 is 16.4 Å². The monoisotopic (exact) mass is 493 g/mol. The summed E-state index contributed by atoms with van der Waals surface area (Å²) in [4.78, 5) is 25.4. The first kappa shape index (κ1) is 25.5. The Morgan fingerprint density at radius 1 is 1.03 bits per heavy atom. The molecule has 3 aromatic carbocycles. The molecule has 1 amide bonds. The van der Waals surface area contributed by atoms with Crippen LogP contribution in [0.15, 0.2) is 66.7 Å². The van der Waals surface area contributed by atoms with Gasteiger partial charge in [-0.25, -0.2) is 13.6 Å². The van der Waals surface area contributed by atoms with E-state index in [9.17, 15) is 18.4 Å². The Kier molecular flexibility index (Phi) is 8.07. The highest BCUT2D eigenvalue weighted by atomic mass is 19.1. The number of ether oxygens (including phenoxy) is 1. The maximum absolute atomic E-state index is 13.7. The van der Waals surface area contributed by atoms with E-state index in [0.717, 1.165) is 18.1 Å². The molecule has 3 aromatic rings. The smallest absolute Gasteiger partial charge is 0.333 e. The van der Waals surface area contributed by atoms with Gasteiger partial charge >= 0.3 is 5.97 Å². The first-order chi connectivity index (χ1) is 17.3. The van der Waals surface area contributed by atoms with Gasteiger partial charge in [0, 0.05) is 30.8 Å². The van der Waals surface area contributed by atoms with Gasteiger partial charge in [0.2, 0.25) is 0 Å². The van der Waals surface area contributed by atoms with Gasteiger partial charge in [0.1, 0.15) is 17.7 Å². The van der Waals surface area contributed by atoms with Crippen molar-refractivity contribution in [3.05, 3.63) is 106 Å². The second-order valence-corrected chi connectivity index (χ2v) is 8.92. The maximum atomic E-state index is 13.7. The van der Waals surface area contributed by atoms with Crippen molar-refractivity contribution < 1.29 is 23.1 Å². The van der Waals surface area contributed by atoms with Crippen LogP contribution in [0.4, 0.5) is 8.78 Å². The van der Waals surface area contributed by atoms with Gasteiger partial charge in [-0.15, -0.1) is 0 Å². The van der Waals surface area contributed by atoms with Crippen molar-refractivity contribution >= 4 is 11.9 Å². The first-order valence-electron chi connectivity index (χ1n) is 11.9. The molecule has 3 atom stereocenters. The van der Waals surface area contributed by atoms with Crippen LogP contribution in [-0.2, 0) is 28.9 Å². The van der Waals surface area contributed by atoms with Gasteiger partial charge in [-0.3, -0.25) is 4.79 Å². The molecule has 0 aromatic heterocycles. The minimum Gasteiger partial charge on any atom is -0.458 e. The molecule has 4 N–H and O–H groups in total. The number of carbonyl (C=O) groups is 2. The average molecular weight is 494 g/mol. The van der Waals surface area contributed by atoms with Crippen molar-refractivity contribution in [2.24, 2.45) is 5.73 Å². The molecule has 4 rings (SSSR count). The Bertz CT molecular complexity index is 1230. The van der Waals surface area contributed by atoms with Gasteiger partial charge in [-0.1, -0.05) is 49.4 Å². The van der Waals surface area contributed by atoms with E-state index >= 15 is 0 Å². The molecule has 188 valence electrons. The van der Waals surface area contributed by atoms with Crippen molar-refractivity contribution in [2.45, 2.75) is 44.5 Å². The number of aryl methyl sites for hydroxylation is 1. The number of carbonyl (C=O) groups excluding carboxylic acids is 2. The number of hydrogen-bond donors (Lipinski definition) is 3. The highest BCUT2D eigenvalue weighted by molar-refractivity contribution is 6.03. The fourth-order valence-corrected chi connectivity index (χ4v) is 4.38. The Hall–Kier alpha value is -3.62. The molecule has 0 saturated carbocycles. The van der Waals surface area contributed by atoms with Crippen LogP contribution in [0.2, 0.25) is 0 Å². The Morgan fingerprint density at radius 3 is 2.50 bits per heavy atom. The molecule has 0 radical (unpaired) electrons. The molecule has 0 bridgehead atoms. The number of fused-ring (bicyclic) bond motifs is 1. The third-order valence-electron chi connectivity index (χ3n) is 6.24. The normalized spacial score (nSPS) is 16.2. The number of amides is 1. The minimum absolute atomic E-state index is 0.0905. The van der Waals surface area contributed by atoms with E-state index in [1.807, 2.05) is 12.1 Å². The van der Waals surface area contributed by atoms with Gasteiger partial charge < -0.3 is 21.1 Å². The van der Waals surface area contributed by atoms with Crippen LogP contribution in [0.3, 0.4) is 0 Å². The zero-order valence-corrected chi connectivity index (χ0v) is 20.0. The summed E-state index contributed by atoms with van der Waals surface area (Å²) >= 11 is 0. The molecule has 0 saturated heterocycles. The second kappa shape index (κ2) is 11.4. The molecule has 1 unspecified atom stereocenters. The van der Waals surface area contributed by atoms with Crippen LogP contribution in [-0.4, -0.2) is 30.6 Å². The van der Waals surface area contributed by atoms with Gasteiger partial charge in [0.15, 0.2) is 6.04 Å². The number of halogens is 2. The zero-order valence-electron chi connectivity index (χ0n) is 20.0. The predicted octanol–water partition coefficient (Wildman–Crippen LogP) is 3.58. The van der Waals surface area contributed by atoms with E-state index in [0.29, 0.717) is 23.2 Å². The molecule has 1 heterocycles. The lowest BCUT2D eigenvalue weighted by atomic mass is 10.0. The molecule has 1 aliphatic rings. The summed E-state index contributed by atoms with van der Waals surface area (Å²) < 4.78 is 33.2. The van der Waals surface area contributed by atoms with Crippen molar-refractivity contribution in [1.82, 2.24) is 10.6 Å². The van der Waals surface area contributed by atoms with E-state index < -0.39 is 35.8 Å². The molecule has 1 aliphatic heterocycles. The SMILES string of the molecule is CCc1cccc(CNC[C@@H](OC(=O)C2NC(=O)c3ccccc32)[C@@H](N)Cc2cc(F)cc(F)c2)c1. The first-order valence-corrected chi connectivity index (χ1v) is 11.9. The largest absolute Gasteiger partial charge is 0.458 e. The summed E-state index contributed by atoms with van der Waals surface area (Å²) in [5.74, 6) is -2.40. The van der Waals surface area contributed by atoms with E-state index in [2.05, 4.69) is 29.7 Å². The van der Waals surface area contributed by atoms with Crippen molar-refractivity contribution in [3.63, 3.8) is 0 Å². The Balaban J connectivity index is 1.48. The molecule has 0 aliphatic carbocycles. The van der Waals surface area contributed by atoms with Crippen molar-refractivity contribution in [3.8, 4) is 0 Å². The molecule has 6 nitrogen and oxygen atoms in total. The lowest BCUT2D eigenvalue weighted by Gasteiger charge is -2.26. The van der Waals surface area contributed by atoms with Crippen molar-refractivity contribution in [1.29, 1.82) is 0 Å². The van der Waals surface area contributed by atoms with Gasteiger partial charge in [0.05, 0.1) is 0 Å². The van der Waals surface area contributed by atoms with E-state index in [1.54, 1.807) is 24.3 Å². The highest BCUT2D eigenvalue weighted by Crippen LogP contribution is 2.26. The van der Waals surface area contributed by atoms with Crippen LogP contribution in [0.5, 0.6) is 0 Å². The highest BCUT2D eigenvalue weighted by Gasteiger charge is 2.36. The summed E-state index contributed by atoms with van der Waals surface area (Å²) in [6.45, 7) is 2.81. The molecular weight excluding hydrogens is 464 g/mol. The summed E-state index contributed by atoms with van der Waals surface area (Å²) in [5.41, 5.74) is 9.98. The Labute approximate surface area is 208 Å². The lowest BCUT2D eigenvalue weighted by molar-refractivity contribution is -0.152. The van der Waals surface area contributed by atoms with Crippen molar-refractivity contribution in [2.75, 3.05) is 6.54 Å². The summed E-state index contributed by atoms with van der Waals surface area (Å²) in [5, 5.41) is 5.92. The fourth-order valence-electron chi connectivity index (χ4n) is 4.38. The number of esters is 1. The van der Waals surface area contributed by atoms with Crippen LogP contribution in [0.25, 0.3) is 0 Å². The molecule has 0 fully saturated rings. The fraction of sp³-hybridized carbons (Fsp3) is 0.286. The number of nitrogens with two attached hydrogens (primary N) is 1. The number of benzene rings is 3. The third kappa shape index (κ3) is 6.13. The lowest BCUT2D eigenvalue weighted by Crippen LogP contribution is -2.47.